The number of aryl methyl sites for hydroxylation is 1. The molecule has 2 aromatic carbocycles. The molecule has 2 amide bonds. The summed E-state index contributed by atoms with van der Waals surface area (Å²) in [5.41, 5.74) is 4.76. The molecule has 0 saturated heterocycles. The summed E-state index contributed by atoms with van der Waals surface area (Å²) in [5.74, 6) is -1.45. The van der Waals surface area contributed by atoms with E-state index >= 15 is 0 Å². The Labute approximate surface area is 148 Å². The molecule has 2 rings (SSSR count). The summed E-state index contributed by atoms with van der Waals surface area (Å²) >= 11 is 0. The summed E-state index contributed by atoms with van der Waals surface area (Å²) in [6.45, 7) is 3.11. The fraction of sp³-hybridized carbons (Fsp3) is 0.222. The Morgan fingerprint density at radius 3 is 2.42 bits per heavy atom. The second kappa shape index (κ2) is 7.47. The average molecular weight is 366 g/mol. The fourth-order valence-electron chi connectivity index (χ4n) is 2.25. The molecule has 3 N–H and O–H groups in total. The van der Waals surface area contributed by atoms with Crippen LogP contribution in [-0.2, 0) is 11.0 Å². The lowest BCUT2D eigenvalue weighted by molar-refractivity contribution is -0.137. The minimum absolute atomic E-state index is 0.0749. The molecule has 1 atom stereocenters. The fourth-order valence-corrected chi connectivity index (χ4v) is 2.25. The van der Waals surface area contributed by atoms with Gasteiger partial charge in [-0.05, 0) is 43.7 Å². The Morgan fingerprint density at radius 1 is 1.15 bits per heavy atom. The van der Waals surface area contributed by atoms with Crippen LogP contribution in [0.3, 0.4) is 0 Å². The Balaban J connectivity index is 2.20. The monoisotopic (exact) mass is 366 g/mol. The number of rotatable bonds is 5. The van der Waals surface area contributed by atoms with E-state index in [1.165, 1.54) is 31.2 Å². The lowest BCUT2D eigenvalue weighted by Gasteiger charge is -2.18. The van der Waals surface area contributed by atoms with Crippen LogP contribution in [-0.4, -0.2) is 17.9 Å². The first-order valence-electron chi connectivity index (χ1n) is 7.64. The second-order valence-electron chi connectivity index (χ2n) is 5.66. The summed E-state index contributed by atoms with van der Waals surface area (Å²) in [7, 11) is 0. The molecule has 0 aliphatic rings. The number of halogens is 3. The Kier molecular flexibility index (Phi) is 5.54. The summed E-state index contributed by atoms with van der Waals surface area (Å²) in [6.07, 6.45) is -5.76. The number of para-hydroxylation sites is 1. The standard InChI is InChI=1S/C18H17F3N2O3/c1-10-7-8-12(16(22)24)15(9-10)26-11(2)17(25)23-14-6-4-3-5-13(14)18(19,20)21/h3-9,11H,1-2H3,(H2,22,24)(H,23,25). The van der Waals surface area contributed by atoms with Gasteiger partial charge >= 0.3 is 6.18 Å². The van der Waals surface area contributed by atoms with Crippen LogP contribution in [0, 0.1) is 6.92 Å². The van der Waals surface area contributed by atoms with Crippen LogP contribution in [0.2, 0.25) is 0 Å². The van der Waals surface area contributed by atoms with Gasteiger partial charge in [0.1, 0.15) is 5.75 Å². The molecule has 0 radical (unpaired) electrons. The maximum absolute atomic E-state index is 13.0. The molecule has 0 spiro atoms. The Bertz CT molecular complexity index is 835. The topological polar surface area (TPSA) is 81.4 Å². The van der Waals surface area contributed by atoms with Gasteiger partial charge in [-0.25, -0.2) is 0 Å². The maximum Gasteiger partial charge on any atom is 0.418 e. The molecule has 0 aromatic heterocycles. The van der Waals surface area contributed by atoms with Crippen LogP contribution in [0.15, 0.2) is 42.5 Å². The summed E-state index contributed by atoms with van der Waals surface area (Å²) < 4.78 is 44.4. The number of anilines is 1. The molecule has 0 aliphatic carbocycles. The van der Waals surface area contributed by atoms with Crippen LogP contribution < -0.4 is 15.8 Å². The van der Waals surface area contributed by atoms with E-state index < -0.39 is 29.7 Å². The molecule has 0 saturated carbocycles. The number of amides is 2. The quantitative estimate of drug-likeness (QED) is 0.850. The normalized spacial score (nSPS) is 12.3. The van der Waals surface area contributed by atoms with Gasteiger partial charge in [0.05, 0.1) is 16.8 Å². The van der Waals surface area contributed by atoms with E-state index in [-0.39, 0.29) is 17.0 Å². The number of nitrogens with one attached hydrogen (secondary N) is 1. The number of primary amides is 1. The highest BCUT2D eigenvalue weighted by atomic mass is 19.4. The van der Waals surface area contributed by atoms with Gasteiger partial charge in [-0.15, -0.1) is 0 Å². The molecule has 5 nitrogen and oxygen atoms in total. The van der Waals surface area contributed by atoms with E-state index in [0.717, 1.165) is 17.7 Å². The first-order valence-corrected chi connectivity index (χ1v) is 7.64. The molecule has 8 heteroatoms. The zero-order valence-electron chi connectivity index (χ0n) is 14.1. The number of carbonyl (C=O) groups excluding carboxylic acids is 2. The van der Waals surface area contributed by atoms with E-state index in [0.29, 0.717) is 0 Å². The lowest BCUT2D eigenvalue weighted by atomic mass is 10.1. The molecule has 0 heterocycles. The first-order chi connectivity index (χ1) is 12.1. The number of alkyl halides is 3. The minimum Gasteiger partial charge on any atom is -0.480 e. The van der Waals surface area contributed by atoms with Gasteiger partial charge in [0.25, 0.3) is 11.8 Å². The predicted octanol–water partition coefficient (Wildman–Crippen LogP) is 3.52. The highest BCUT2D eigenvalue weighted by Crippen LogP contribution is 2.34. The summed E-state index contributed by atoms with van der Waals surface area (Å²) in [5, 5.41) is 2.20. The Hall–Kier alpha value is -3.03. The number of hydrogen-bond acceptors (Lipinski definition) is 3. The number of ether oxygens (including phenoxy) is 1. The highest BCUT2D eigenvalue weighted by molar-refractivity contribution is 5.97. The van der Waals surface area contributed by atoms with Gasteiger partial charge in [-0.1, -0.05) is 18.2 Å². The number of hydrogen-bond donors (Lipinski definition) is 2. The molecule has 2 aromatic rings. The molecule has 0 bridgehead atoms. The molecular formula is C18H17F3N2O3. The van der Waals surface area contributed by atoms with Crippen molar-refractivity contribution < 1.29 is 27.5 Å². The van der Waals surface area contributed by atoms with Crippen molar-refractivity contribution in [2.24, 2.45) is 5.73 Å². The van der Waals surface area contributed by atoms with E-state index in [1.54, 1.807) is 13.0 Å². The van der Waals surface area contributed by atoms with Crippen molar-refractivity contribution in [1.82, 2.24) is 0 Å². The van der Waals surface area contributed by atoms with Crippen LogP contribution in [0.4, 0.5) is 18.9 Å². The smallest absolute Gasteiger partial charge is 0.418 e. The second-order valence-corrected chi connectivity index (χ2v) is 5.66. The maximum atomic E-state index is 13.0. The van der Waals surface area contributed by atoms with Crippen LogP contribution in [0.1, 0.15) is 28.4 Å². The predicted molar refractivity (Wildman–Crippen MR) is 89.9 cm³/mol. The first kappa shape index (κ1) is 19.3. The molecule has 138 valence electrons. The molecular weight excluding hydrogens is 349 g/mol. The molecule has 1 unspecified atom stereocenters. The summed E-state index contributed by atoms with van der Waals surface area (Å²) in [4.78, 5) is 23.7. The third-order valence-corrected chi connectivity index (χ3v) is 3.57. The van der Waals surface area contributed by atoms with E-state index in [1.807, 2.05) is 0 Å². The van der Waals surface area contributed by atoms with Crippen LogP contribution >= 0.6 is 0 Å². The highest BCUT2D eigenvalue weighted by Gasteiger charge is 2.34. The largest absolute Gasteiger partial charge is 0.480 e. The van der Waals surface area contributed by atoms with Crippen molar-refractivity contribution in [2.45, 2.75) is 26.1 Å². The van der Waals surface area contributed by atoms with E-state index in [4.69, 9.17) is 10.5 Å². The molecule has 26 heavy (non-hydrogen) atoms. The van der Waals surface area contributed by atoms with Gasteiger partial charge in [0.2, 0.25) is 0 Å². The van der Waals surface area contributed by atoms with E-state index in [9.17, 15) is 22.8 Å². The minimum atomic E-state index is -4.61. The van der Waals surface area contributed by atoms with Crippen molar-refractivity contribution in [3.63, 3.8) is 0 Å². The van der Waals surface area contributed by atoms with Crippen molar-refractivity contribution in [1.29, 1.82) is 0 Å². The third kappa shape index (κ3) is 4.53. The van der Waals surface area contributed by atoms with Crippen molar-refractivity contribution in [3.05, 3.63) is 59.2 Å². The van der Waals surface area contributed by atoms with Crippen LogP contribution in [0.25, 0.3) is 0 Å². The number of carbonyl (C=O) groups is 2. The van der Waals surface area contributed by atoms with Crippen molar-refractivity contribution in [2.75, 3.05) is 5.32 Å². The molecule has 0 fully saturated rings. The SMILES string of the molecule is Cc1ccc(C(N)=O)c(OC(C)C(=O)Nc2ccccc2C(F)(F)F)c1. The number of nitrogens with two attached hydrogens (primary N) is 1. The van der Waals surface area contributed by atoms with Gasteiger partial charge in [-0.3, -0.25) is 9.59 Å². The summed E-state index contributed by atoms with van der Waals surface area (Å²) in [6, 6.07) is 9.25. The number of benzene rings is 2. The lowest BCUT2D eigenvalue weighted by Crippen LogP contribution is -2.31. The Morgan fingerprint density at radius 2 is 1.81 bits per heavy atom. The third-order valence-electron chi connectivity index (χ3n) is 3.57. The van der Waals surface area contributed by atoms with Crippen molar-refractivity contribution >= 4 is 17.5 Å². The molecule has 0 aliphatic heterocycles. The average Bonchev–Trinajstić information content (AvgIpc) is 2.54. The van der Waals surface area contributed by atoms with Gasteiger partial charge in [0, 0.05) is 0 Å². The van der Waals surface area contributed by atoms with Crippen LogP contribution in [0.5, 0.6) is 5.75 Å². The zero-order chi connectivity index (χ0) is 19.5. The van der Waals surface area contributed by atoms with Gasteiger partial charge in [-0.2, -0.15) is 13.2 Å². The van der Waals surface area contributed by atoms with Crippen molar-refractivity contribution in [3.8, 4) is 5.75 Å². The van der Waals surface area contributed by atoms with Gasteiger partial charge in [0.15, 0.2) is 6.10 Å². The zero-order valence-corrected chi connectivity index (χ0v) is 14.1. The van der Waals surface area contributed by atoms with Gasteiger partial charge < -0.3 is 15.8 Å². The van der Waals surface area contributed by atoms with E-state index in [2.05, 4.69) is 5.32 Å².